The van der Waals surface area contributed by atoms with Crippen molar-refractivity contribution < 1.29 is 23.9 Å². The molecule has 10 nitrogen and oxygen atoms in total. The van der Waals surface area contributed by atoms with Crippen LogP contribution in [0.2, 0.25) is 0 Å². The zero-order valence-corrected chi connectivity index (χ0v) is 24.0. The van der Waals surface area contributed by atoms with E-state index >= 15 is 0 Å². The van der Waals surface area contributed by atoms with Crippen molar-refractivity contribution in [3.63, 3.8) is 0 Å². The fourth-order valence-electron chi connectivity index (χ4n) is 4.43. The molecule has 0 spiro atoms. The van der Waals surface area contributed by atoms with Crippen molar-refractivity contribution in [2.75, 3.05) is 13.7 Å². The highest BCUT2D eigenvalue weighted by Gasteiger charge is 2.33. The maximum Gasteiger partial charge on any atom is 0.338 e. The van der Waals surface area contributed by atoms with Crippen molar-refractivity contribution >= 4 is 40.4 Å². The first-order valence-electron chi connectivity index (χ1n) is 12.6. The minimum atomic E-state index is -0.628. The molecule has 210 valence electrons. The molecule has 1 aliphatic heterocycles. The number of fused-ring (bicyclic) bond motifs is 1. The van der Waals surface area contributed by atoms with E-state index in [4.69, 9.17) is 14.2 Å². The van der Waals surface area contributed by atoms with Gasteiger partial charge in [0.15, 0.2) is 16.3 Å². The van der Waals surface area contributed by atoms with E-state index in [0.717, 1.165) is 10.4 Å². The van der Waals surface area contributed by atoms with Crippen LogP contribution in [0, 0.1) is 10.1 Å². The van der Waals surface area contributed by atoms with Crippen LogP contribution in [0.3, 0.4) is 0 Å². The number of nitrogens with zero attached hydrogens (tertiary/aromatic N) is 3. The van der Waals surface area contributed by atoms with E-state index in [1.807, 2.05) is 17.5 Å². The molecule has 0 bridgehead atoms. The van der Waals surface area contributed by atoms with Crippen LogP contribution in [0.25, 0.3) is 6.08 Å². The highest BCUT2D eigenvalue weighted by Crippen LogP contribution is 2.33. The second-order valence-electron chi connectivity index (χ2n) is 8.94. The molecule has 4 aromatic rings. The van der Waals surface area contributed by atoms with Crippen LogP contribution in [-0.4, -0.2) is 29.2 Å². The van der Waals surface area contributed by atoms with Crippen molar-refractivity contribution in [1.82, 2.24) is 4.57 Å². The van der Waals surface area contributed by atoms with Gasteiger partial charge in [-0.15, -0.1) is 11.3 Å². The van der Waals surface area contributed by atoms with Gasteiger partial charge in [-0.05, 0) is 66.8 Å². The third-order valence-electron chi connectivity index (χ3n) is 6.36. The molecule has 0 saturated carbocycles. The number of non-ortho nitro benzene ring substituents is 1. The number of hydrogen-bond donors (Lipinski definition) is 0. The van der Waals surface area contributed by atoms with Crippen LogP contribution >= 0.6 is 22.7 Å². The molecule has 12 heteroatoms. The van der Waals surface area contributed by atoms with Gasteiger partial charge in [0.1, 0.15) is 12.6 Å². The number of allylic oxidation sites excluding steroid dienone is 1. The Morgan fingerprint density at radius 2 is 1.95 bits per heavy atom. The molecule has 0 aliphatic carbocycles. The molecular weight excluding hydrogens is 566 g/mol. The molecular formula is C29H25N3O7S2. The molecule has 0 saturated heterocycles. The predicted molar refractivity (Wildman–Crippen MR) is 155 cm³/mol. The van der Waals surface area contributed by atoms with Gasteiger partial charge in [0.05, 0.1) is 34.4 Å². The Morgan fingerprint density at radius 3 is 2.61 bits per heavy atom. The van der Waals surface area contributed by atoms with E-state index in [2.05, 4.69) is 4.99 Å². The summed E-state index contributed by atoms with van der Waals surface area (Å²) in [5, 5.41) is 12.8. The van der Waals surface area contributed by atoms with Gasteiger partial charge in [-0.1, -0.05) is 23.5 Å². The van der Waals surface area contributed by atoms with Gasteiger partial charge in [0.25, 0.3) is 11.2 Å². The molecule has 0 radical (unpaired) electrons. The minimum absolute atomic E-state index is 0.00921. The summed E-state index contributed by atoms with van der Waals surface area (Å²) in [5.74, 6) is 0.456. The lowest BCUT2D eigenvalue weighted by Crippen LogP contribution is -2.39. The number of ether oxygens (including phenoxy) is 3. The quantitative estimate of drug-likeness (QED) is 0.161. The average Bonchev–Trinajstić information content (AvgIpc) is 3.60. The average molecular weight is 592 g/mol. The zero-order chi connectivity index (χ0) is 29.1. The summed E-state index contributed by atoms with van der Waals surface area (Å²) in [4.78, 5) is 43.0. The number of thiophene rings is 1. The fraction of sp³-hybridized carbons (Fsp3) is 0.207. The lowest BCUT2D eigenvalue weighted by atomic mass is 10.0. The number of nitro benzene ring substituents is 1. The summed E-state index contributed by atoms with van der Waals surface area (Å²) in [6.45, 7) is 3.90. The van der Waals surface area contributed by atoms with Crippen LogP contribution in [0.15, 0.2) is 81.0 Å². The number of rotatable bonds is 9. The highest BCUT2D eigenvalue weighted by molar-refractivity contribution is 7.10. The Labute approximate surface area is 242 Å². The van der Waals surface area contributed by atoms with Gasteiger partial charge in [-0.2, -0.15) is 0 Å². The van der Waals surface area contributed by atoms with Crippen molar-refractivity contribution in [3.8, 4) is 11.5 Å². The molecule has 0 fully saturated rings. The zero-order valence-electron chi connectivity index (χ0n) is 22.4. The standard InChI is InChI=1S/C29H25N3O7S2/c1-4-38-28(34)25-17(2)30-29-31(26(25)23-6-5-13-40-23)27(33)24(41-29)15-19-9-12-21(22(14-19)37-3)39-16-18-7-10-20(11-8-18)32(35)36/h5-15,26H,4,16H2,1-3H3/b24-15+/t26-/m1/s1. The number of nitro groups is 1. The van der Waals surface area contributed by atoms with E-state index < -0.39 is 16.9 Å². The maximum absolute atomic E-state index is 13.7. The van der Waals surface area contributed by atoms with E-state index in [-0.39, 0.29) is 24.5 Å². The van der Waals surface area contributed by atoms with Crippen molar-refractivity contribution in [2.24, 2.45) is 4.99 Å². The van der Waals surface area contributed by atoms with Crippen LogP contribution in [-0.2, 0) is 16.1 Å². The molecule has 5 rings (SSSR count). The van der Waals surface area contributed by atoms with Gasteiger partial charge in [0.2, 0.25) is 0 Å². The molecule has 0 amide bonds. The summed E-state index contributed by atoms with van der Waals surface area (Å²) in [6.07, 6.45) is 1.75. The predicted octanol–water partition coefficient (Wildman–Crippen LogP) is 4.36. The van der Waals surface area contributed by atoms with E-state index in [0.29, 0.717) is 37.7 Å². The summed E-state index contributed by atoms with van der Waals surface area (Å²) in [5.41, 5.74) is 2.09. The molecule has 3 heterocycles. The Kier molecular flexibility index (Phi) is 8.13. The fourth-order valence-corrected chi connectivity index (χ4v) is 6.30. The monoisotopic (exact) mass is 591 g/mol. The van der Waals surface area contributed by atoms with Crippen molar-refractivity contribution in [1.29, 1.82) is 0 Å². The Bertz CT molecular complexity index is 1820. The van der Waals surface area contributed by atoms with Gasteiger partial charge < -0.3 is 14.2 Å². The van der Waals surface area contributed by atoms with Crippen molar-refractivity contribution in [3.05, 3.63) is 117 Å². The molecule has 0 unspecified atom stereocenters. The lowest BCUT2D eigenvalue weighted by Gasteiger charge is -2.23. The molecule has 0 N–H and O–H groups in total. The van der Waals surface area contributed by atoms with Gasteiger partial charge in [-0.3, -0.25) is 19.5 Å². The topological polar surface area (TPSA) is 122 Å². The Morgan fingerprint density at radius 1 is 1.17 bits per heavy atom. The smallest absolute Gasteiger partial charge is 0.338 e. The van der Waals surface area contributed by atoms with E-state index in [9.17, 15) is 19.7 Å². The maximum atomic E-state index is 13.7. The molecule has 1 aliphatic rings. The van der Waals surface area contributed by atoms with Crippen molar-refractivity contribution in [2.45, 2.75) is 26.5 Å². The number of carbonyl (C=O) groups is 1. The number of carbonyl (C=O) groups excluding carboxylic acids is 1. The first-order valence-corrected chi connectivity index (χ1v) is 14.3. The number of esters is 1. The third-order valence-corrected chi connectivity index (χ3v) is 8.26. The van der Waals surface area contributed by atoms with Gasteiger partial charge >= 0.3 is 5.97 Å². The minimum Gasteiger partial charge on any atom is -0.493 e. The van der Waals surface area contributed by atoms with Crippen LogP contribution < -0.4 is 24.4 Å². The number of thiazole rings is 1. The van der Waals surface area contributed by atoms with Gasteiger partial charge in [-0.25, -0.2) is 9.79 Å². The second-order valence-corrected chi connectivity index (χ2v) is 10.9. The van der Waals surface area contributed by atoms with Crippen LogP contribution in [0.4, 0.5) is 5.69 Å². The largest absolute Gasteiger partial charge is 0.493 e. The van der Waals surface area contributed by atoms with Crippen LogP contribution in [0.5, 0.6) is 11.5 Å². The lowest BCUT2D eigenvalue weighted by molar-refractivity contribution is -0.384. The van der Waals surface area contributed by atoms with Crippen LogP contribution in [0.1, 0.15) is 35.9 Å². The Hall–Kier alpha value is -4.55. The second kappa shape index (κ2) is 11.9. The molecule has 41 heavy (non-hydrogen) atoms. The van der Waals surface area contributed by atoms with E-state index in [1.54, 1.807) is 54.8 Å². The number of methoxy groups -OCH3 is 1. The Balaban J connectivity index is 1.47. The molecule has 2 aromatic heterocycles. The van der Waals surface area contributed by atoms with E-state index in [1.165, 1.54) is 41.9 Å². The normalized spacial score (nSPS) is 14.8. The first-order chi connectivity index (χ1) is 19.8. The van der Waals surface area contributed by atoms with Gasteiger partial charge in [0, 0.05) is 17.0 Å². The summed E-state index contributed by atoms with van der Waals surface area (Å²) in [6, 6.07) is 14.6. The first kappa shape index (κ1) is 28.0. The number of benzene rings is 2. The number of aromatic nitrogens is 1. The summed E-state index contributed by atoms with van der Waals surface area (Å²) in [7, 11) is 1.52. The molecule has 2 aromatic carbocycles. The third kappa shape index (κ3) is 5.70. The number of hydrogen-bond acceptors (Lipinski definition) is 10. The summed E-state index contributed by atoms with van der Waals surface area (Å²) < 4.78 is 18.7. The SMILES string of the molecule is CCOC(=O)C1=C(C)N=c2s/c(=C/c3ccc(OCc4ccc([N+](=O)[O-])cc4)c(OC)c3)c(=O)n2[C@@H]1c1cccs1. The molecule has 1 atom stereocenters. The highest BCUT2D eigenvalue weighted by atomic mass is 32.1. The summed E-state index contributed by atoms with van der Waals surface area (Å²) >= 11 is 2.70.